The number of likely N-dealkylation sites (N-methyl/N-ethyl adjacent to an activating group) is 1. The van der Waals surface area contributed by atoms with E-state index in [1.807, 2.05) is 0 Å². The molecule has 4 atom stereocenters. The number of ether oxygens (including phenoxy) is 1. The van der Waals surface area contributed by atoms with E-state index in [2.05, 4.69) is 54.2 Å². The van der Waals surface area contributed by atoms with Crippen LogP contribution in [0.2, 0.25) is 0 Å². The number of allylic oxidation sites excluding steroid dienone is 1. The van der Waals surface area contributed by atoms with Gasteiger partial charge < -0.3 is 9.72 Å². The predicted molar refractivity (Wildman–Crippen MR) is 92.5 cm³/mol. The van der Waals surface area contributed by atoms with Crippen molar-refractivity contribution in [2.75, 3.05) is 20.2 Å². The number of hydrogen-bond donors (Lipinski definition) is 1. The summed E-state index contributed by atoms with van der Waals surface area (Å²) in [4.78, 5) is 6.24. The third-order valence-corrected chi connectivity index (χ3v) is 6.40. The summed E-state index contributed by atoms with van der Waals surface area (Å²) in [7, 11) is 2.28. The molecular weight excluding hydrogens is 284 g/mol. The Bertz CT molecular complexity index is 790. The Morgan fingerprint density at radius 3 is 3.04 bits per heavy atom. The molecule has 1 aliphatic carbocycles. The Hall–Kier alpha value is -1.58. The van der Waals surface area contributed by atoms with Crippen molar-refractivity contribution in [1.82, 2.24) is 9.88 Å². The van der Waals surface area contributed by atoms with E-state index in [1.54, 1.807) is 5.57 Å². The number of likely N-dealkylation sites (tertiary alicyclic amines) is 1. The van der Waals surface area contributed by atoms with Crippen molar-refractivity contribution in [2.24, 2.45) is 11.8 Å². The van der Waals surface area contributed by atoms with Crippen LogP contribution in [-0.2, 0) is 11.2 Å². The molecule has 4 heterocycles. The molecule has 0 saturated carbocycles. The van der Waals surface area contributed by atoms with Crippen LogP contribution in [0, 0.1) is 11.8 Å². The molecular formula is C20H24N2O. The third kappa shape index (κ3) is 1.90. The van der Waals surface area contributed by atoms with Gasteiger partial charge in [-0.25, -0.2) is 0 Å². The number of H-pyrrole nitrogens is 1. The van der Waals surface area contributed by atoms with Gasteiger partial charge in [0, 0.05) is 35.1 Å². The van der Waals surface area contributed by atoms with E-state index in [-0.39, 0.29) is 6.10 Å². The van der Waals surface area contributed by atoms with E-state index in [0.29, 0.717) is 17.9 Å². The van der Waals surface area contributed by atoms with Crippen LogP contribution in [0.3, 0.4) is 0 Å². The molecule has 4 unspecified atom stereocenters. The summed E-state index contributed by atoms with van der Waals surface area (Å²) in [5.41, 5.74) is 5.70. The van der Waals surface area contributed by atoms with Crippen LogP contribution in [0.1, 0.15) is 30.7 Å². The van der Waals surface area contributed by atoms with Crippen molar-refractivity contribution in [3.8, 4) is 0 Å². The maximum absolute atomic E-state index is 6.33. The number of benzene rings is 1. The summed E-state index contributed by atoms with van der Waals surface area (Å²) < 4.78 is 6.33. The molecule has 3 nitrogen and oxygen atoms in total. The lowest BCUT2D eigenvalue weighted by molar-refractivity contribution is -0.0833. The molecule has 23 heavy (non-hydrogen) atoms. The maximum atomic E-state index is 6.33. The smallest absolute Gasteiger partial charge is 0.0981 e. The van der Waals surface area contributed by atoms with Crippen molar-refractivity contribution in [3.63, 3.8) is 0 Å². The lowest BCUT2D eigenvalue weighted by Gasteiger charge is -2.51. The zero-order valence-electron chi connectivity index (χ0n) is 13.9. The van der Waals surface area contributed by atoms with Gasteiger partial charge in [-0.1, -0.05) is 29.8 Å². The zero-order chi connectivity index (χ0) is 15.6. The molecule has 0 spiro atoms. The van der Waals surface area contributed by atoms with E-state index in [1.165, 1.54) is 22.2 Å². The van der Waals surface area contributed by atoms with E-state index in [4.69, 9.17) is 4.74 Å². The van der Waals surface area contributed by atoms with Crippen LogP contribution in [0.15, 0.2) is 35.9 Å². The molecule has 4 aliphatic rings. The van der Waals surface area contributed by atoms with Crippen molar-refractivity contribution in [1.29, 1.82) is 0 Å². The van der Waals surface area contributed by atoms with Gasteiger partial charge >= 0.3 is 0 Å². The lowest BCUT2D eigenvalue weighted by Crippen LogP contribution is -2.54. The number of para-hydroxylation sites is 1. The van der Waals surface area contributed by atoms with Crippen molar-refractivity contribution in [2.45, 2.75) is 31.9 Å². The Morgan fingerprint density at radius 1 is 1.30 bits per heavy atom. The molecule has 1 aromatic heterocycles. The number of hydrogen-bond acceptors (Lipinski definition) is 2. The fourth-order valence-corrected chi connectivity index (χ4v) is 5.21. The van der Waals surface area contributed by atoms with Crippen molar-refractivity contribution in [3.05, 3.63) is 47.2 Å². The molecule has 1 N–H and O–H groups in total. The van der Waals surface area contributed by atoms with E-state index < -0.39 is 0 Å². The average Bonchev–Trinajstić information content (AvgIpc) is 2.92. The first kappa shape index (κ1) is 13.8. The minimum absolute atomic E-state index is 0.234. The van der Waals surface area contributed by atoms with Crippen LogP contribution in [0.5, 0.6) is 0 Å². The number of nitrogens with one attached hydrogen (secondary N) is 1. The van der Waals surface area contributed by atoms with E-state index in [9.17, 15) is 0 Å². The highest BCUT2D eigenvalue weighted by molar-refractivity contribution is 5.85. The number of nitrogens with zero attached hydrogens (tertiary/aromatic N) is 1. The number of aromatic amines is 1. The minimum Gasteiger partial charge on any atom is -0.372 e. The normalized spacial score (nSPS) is 35.3. The molecule has 3 heteroatoms. The van der Waals surface area contributed by atoms with Gasteiger partial charge in [-0.15, -0.1) is 0 Å². The molecule has 0 amide bonds. The first-order valence-corrected chi connectivity index (χ1v) is 8.82. The predicted octanol–water partition coefficient (Wildman–Crippen LogP) is 3.68. The summed E-state index contributed by atoms with van der Waals surface area (Å²) in [5, 5.41) is 1.39. The summed E-state index contributed by atoms with van der Waals surface area (Å²) in [6.07, 6.45) is 4.86. The SMILES string of the molecule is CC=C1CN(C)C2Cc3c([nH]c4ccccc34)C3CC1C2CO3. The summed E-state index contributed by atoms with van der Waals surface area (Å²) in [5.74, 6) is 1.33. The average molecular weight is 308 g/mol. The third-order valence-electron chi connectivity index (χ3n) is 6.40. The molecule has 2 aromatic rings. The van der Waals surface area contributed by atoms with Crippen LogP contribution < -0.4 is 0 Å². The first-order chi connectivity index (χ1) is 11.3. The number of piperidine rings is 1. The zero-order valence-corrected chi connectivity index (χ0v) is 13.9. The first-order valence-electron chi connectivity index (χ1n) is 8.82. The fraction of sp³-hybridized carbons (Fsp3) is 0.500. The van der Waals surface area contributed by atoms with Gasteiger partial charge in [0.05, 0.1) is 12.7 Å². The van der Waals surface area contributed by atoms with Gasteiger partial charge in [0.25, 0.3) is 0 Å². The minimum atomic E-state index is 0.234. The number of fused-ring (bicyclic) bond motifs is 2. The molecule has 2 saturated heterocycles. The monoisotopic (exact) mass is 308 g/mol. The lowest BCUT2D eigenvalue weighted by atomic mass is 9.69. The topological polar surface area (TPSA) is 28.3 Å². The van der Waals surface area contributed by atoms with Gasteiger partial charge in [0.1, 0.15) is 0 Å². The molecule has 0 radical (unpaired) electrons. The highest BCUT2D eigenvalue weighted by atomic mass is 16.5. The number of aromatic nitrogens is 1. The Balaban J connectivity index is 1.71. The largest absolute Gasteiger partial charge is 0.372 e. The van der Waals surface area contributed by atoms with Gasteiger partial charge in [0.2, 0.25) is 0 Å². The van der Waals surface area contributed by atoms with Gasteiger partial charge in [-0.05, 0) is 44.4 Å². The van der Waals surface area contributed by atoms with E-state index in [0.717, 1.165) is 26.0 Å². The summed E-state index contributed by atoms with van der Waals surface area (Å²) in [6, 6.07) is 9.31. The van der Waals surface area contributed by atoms with Crippen LogP contribution in [-0.4, -0.2) is 36.1 Å². The highest BCUT2D eigenvalue weighted by Gasteiger charge is 2.46. The maximum Gasteiger partial charge on any atom is 0.0981 e. The fourth-order valence-electron chi connectivity index (χ4n) is 5.21. The number of rotatable bonds is 0. The Labute approximate surface area is 137 Å². The standard InChI is InChI=1S/C20H24N2O/c1-3-12-10-22(2)18-8-15-13-6-4-5-7-17(13)21-20(15)19-9-14(12)16(18)11-23-19/h3-7,14,16,18-19,21H,8-11H2,1-2H3. The van der Waals surface area contributed by atoms with Crippen LogP contribution in [0.4, 0.5) is 0 Å². The second kappa shape index (κ2) is 4.96. The summed E-state index contributed by atoms with van der Waals surface area (Å²) in [6.45, 7) is 4.22. The molecule has 2 fully saturated rings. The van der Waals surface area contributed by atoms with Crippen molar-refractivity contribution < 1.29 is 4.74 Å². The second-order valence-electron chi connectivity index (χ2n) is 7.44. The summed E-state index contributed by atoms with van der Waals surface area (Å²) >= 11 is 0. The van der Waals surface area contributed by atoms with E-state index >= 15 is 0 Å². The molecule has 3 aliphatic heterocycles. The molecule has 1 aromatic carbocycles. The molecule has 4 bridgehead atoms. The van der Waals surface area contributed by atoms with Gasteiger partial charge in [-0.2, -0.15) is 0 Å². The molecule has 120 valence electrons. The van der Waals surface area contributed by atoms with Crippen LogP contribution in [0.25, 0.3) is 10.9 Å². The van der Waals surface area contributed by atoms with Gasteiger partial charge in [0.15, 0.2) is 0 Å². The quantitative estimate of drug-likeness (QED) is 0.752. The van der Waals surface area contributed by atoms with Crippen LogP contribution >= 0.6 is 0 Å². The Kier molecular flexibility index (Phi) is 2.98. The second-order valence-corrected chi connectivity index (χ2v) is 7.44. The van der Waals surface area contributed by atoms with Gasteiger partial charge in [-0.3, -0.25) is 4.90 Å². The van der Waals surface area contributed by atoms with Crippen molar-refractivity contribution >= 4 is 10.9 Å². The highest BCUT2D eigenvalue weighted by Crippen LogP contribution is 2.48. The Morgan fingerprint density at radius 2 is 2.17 bits per heavy atom. The molecule has 6 rings (SSSR count).